The molecule has 0 saturated carbocycles. The fraction of sp³-hybridized carbons (Fsp3) is 0.370. The number of esters is 1. The molecule has 2 aromatic carbocycles. The molecule has 0 aliphatic rings. The zero-order chi connectivity index (χ0) is 27.2. The van der Waals surface area contributed by atoms with E-state index in [9.17, 15) is 14.4 Å². The van der Waals surface area contributed by atoms with Crippen LogP contribution in [-0.4, -0.2) is 20.9 Å². The molecule has 198 valence electrons. The molecule has 0 radical (unpaired) electrons. The van der Waals surface area contributed by atoms with E-state index < -0.39 is 29.6 Å². The second-order valence-corrected chi connectivity index (χ2v) is 10.3. The quantitative estimate of drug-likeness (QED) is 0.275. The predicted molar refractivity (Wildman–Crippen MR) is 144 cm³/mol. The summed E-state index contributed by atoms with van der Waals surface area (Å²) in [6.45, 7) is 6.69. The lowest BCUT2D eigenvalue weighted by Gasteiger charge is -2.18. The Hall–Kier alpha value is -3.23. The van der Waals surface area contributed by atoms with Gasteiger partial charge < -0.3 is 14.0 Å². The number of carbonyl (C=O) groups excluding carboxylic acids is 1. The number of rotatable bonds is 10. The lowest BCUT2D eigenvalue weighted by atomic mass is 9.99. The van der Waals surface area contributed by atoms with E-state index in [1.807, 2.05) is 30.3 Å². The highest BCUT2D eigenvalue weighted by molar-refractivity contribution is 6.34. The third-order valence-corrected chi connectivity index (χ3v) is 5.58. The molecule has 0 aliphatic heterocycles. The Labute approximate surface area is 225 Å². The largest absolute Gasteiger partial charge is 0.459 e. The van der Waals surface area contributed by atoms with Crippen molar-refractivity contribution in [1.29, 1.82) is 0 Å². The summed E-state index contributed by atoms with van der Waals surface area (Å²) in [6.07, 6.45) is 4.45. The Balaban J connectivity index is 1.84. The molecule has 0 N–H and O–H groups in total. The number of hydrogen-bond acceptors (Lipinski definition) is 6. The van der Waals surface area contributed by atoms with Gasteiger partial charge in [-0.15, -0.1) is 4.74 Å². The Morgan fingerprint density at radius 2 is 1.76 bits per heavy atom. The normalized spacial score (nSPS) is 12.0. The number of unbranched alkanes of at least 4 members (excludes halogenated alkanes) is 1. The molecule has 0 saturated heterocycles. The third-order valence-electron chi connectivity index (χ3n) is 5.14. The van der Waals surface area contributed by atoms with Crippen LogP contribution in [0.2, 0.25) is 10.0 Å². The molecule has 0 aliphatic carbocycles. The number of aromatic nitrogens is 2. The van der Waals surface area contributed by atoms with Gasteiger partial charge in [0, 0.05) is 10.0 Å². The van der Waals surface area contributed by atoms with Gasteiger partial charge in [-0.25, -0.2) is 14.2 Å². The zero-order valence-corrected chi connectivity index (χ0v) is 22.8. The highest BCUT2D eigenvalue weighted by Gasteiger charge is 2.20. The average molecular weight is 549 g/mol. The van der Waals surface area contributed by atoms with E-state index in [1.165, 1.54) is 0 Å². The summed E-state index contributed by atoms with van der Waals surface area (Å²) in [4.78, 5) is 37.0. The van der Waals surface area contributed by atoms with Gasteiger partial charge in [0.2, 0.25) is 0 Å². The van der Waals surface area contributed by atoms with E-state index in [-0.39, 0.29) is 6.54 Å². The molecule has 3 aromatic rings. The number of hydrogen-bond donors (Lipinski definition) is 0. The maximum absolute atomic E-state index is 12.7. The predicted octanol–water partition coefficient (Wildman–Crippen LogP) is 6.32. The minimum absolute atomic E-state index is 0.0173. The van der Waals surface area contributed by atoms with Gasteiger partial charge in [-0.3, -0.25) is 4.79 Å². The molecule has 0 unspecified atom stereocenters. The van der Waals surface area contributed by atoms with Crippen LogP contribution < -0.4 is 16.2 Å². The molecule has 10 heteroatoms. The van der Waals surface area contributed by atoms with E-state index >= 15 is 0 Å². The van der Waals surface area contributed by atoms with Crippen molar-refractivity contribution in [1.82, 2.24) is 9.31 Å². The summed E-state index contributed by atoms with van der Waals surface area (Å²) in [5.74, 6) is -0.523. The van der Waals surface area contributed by atoms with Crippen molar-refractivity contribution in [2.45, 2.75) is 65.6 Å². The first-order valence-corrected chi connectivity index (χ1v) is 12.7. The summed E-state index contributed by atoms with van der Waals surface area (Å²) < 4.78 is 17.9. The fourth-order valence-electron chi connectivity index (χ4n) is 3.55. The molecule has 0 amide bonds. The Bertz CT molecular complexity index is 1370. The van der Waals surface area contributed by atoms with E-state index in [2.05, 4.69) is 6.92 Å². The molecule has 1 aromatic heterocycles. The maximum Gasteiger partial charge on any atom is 0.443 e. The van der Waals surface area contributed by atoms with Crippen LogP contribution in [0.3, 0.4) is 0 Å². The second kappa shape index (κ2) is 12.3. The maximum atomic E-state index is 12.7. The first kappa shape index (κ1) is 28.3. The summed E-state index contributed by atoms with van der Waals surface area (Å²) in [5.41, 5.74) is 0.378. The zero-order valence-electron chi connectivity index (χ0n) is 21.3. The van der Waals surface area contributed by atoms with Crippen LogP contribution in [0.15, 0.2) is 62.7 Å². The molecular formula is C27H30Cl2N2O6. The second-order valence-electron chi connectivity index (χ2n) is 9.44. The van der Waals surface area contributed by atoms with Crippen molar-refractivity contribution in [2.75, 3.05) is 0 Å². The van der Waals surface area contributed by atoms with Gasteiger partial charge in [0.25, 0.3) is 0 Å². The fourth-order valence-corrected chi connectivity index (χ4v) is 4.06. The first-order chi connectivity index (χ1) is 17.4. The average Bonchev–Trinajstić information content (AvgIpc) is 3.05. The number of nitrogens with zero attached hydrogens (tertiary/aromatic N) is 2. The number of halogens is 2. The topological polar surface area (TPSA) is 92.7 Å². The molecule has 0 atom stereocenters. The van der Waals surface area contributed by atoms with E-state index in [0.717, 1.165) is 39.7 Å². The van der Waals surface area contributed by atoms with Crippen LogP contribution >= 0.6 is 23.2 Å². The van der Waals surface area contributed by atoms with Gasteiger partial charge in [0.15, 0.2) is 0 Å². The Morgan fingerprint density at radius 3 is 2.41 bits per heavy atom. The van der Waals surface area contributed by atoms with Crippen LogP contribution in [-0.2, 0) is 22.6 Å². The molecule has 37 heavy (non-hydrogen) atoms. The van der Waals surface area contributed by atoms with Crippen molar-refractivity contribution in [2.24, 2.45) is 0 Å². The SMILES string of the molecule is CCCC/C(=C\Cn1oc(=O)n(CC(=O)OC(C)(C)C)c1=O)c1cccc(Oc2cc(Cl)cc(Cl)c2)c1. The van der Waals surface area contributed by atoms with Crippen LogP contribution in [0.1, 0.15) is 52.5 Å². The molecule has 8 nitrogen and oxygen atoms in total. The smallest absolute Gasteiger partial charge is 0.443 e. The van der Waals surface area contributed by atoms with Crippen LogP contribution in [0, 0.1) is 0 Å². The van der Waals surface area contributed by atoms with Crippen molar-refractivity contribution in [3.05, 3.63) is 85.2 Å². The minimum Gasteiger partial charge on any atom is -0.459 e. The Kier molecular flexibility index (Phi) is 9.45. The van der Waals surface area contributed by atoms with Gasteiger partial charge in [-0.05, 0) is 75.1 Å². The molecule has 0 fully saturated rings. The summed E-state index contributed by atoms with van der Waals surface area (Å²) in [5, 5.41) is 0.931. The van der Waals surface area contributed by atoms with E-state index in [1.54, 1.807) is 39.0 Å². The highest BCUT2D eigenvalue weighted by atomic mass is 35.5. The van der Waals surface area contributed by atoms with Gasteiger partial charge in [-0.2, -0.15) is 0 Å². The van der Waals surface area contributed by atoms with Crippen LogP contribution in [0.25, 0.3) is 5.57 Å². The van der Waals surface area contributed by atoms with Crippen molar-refractivity contribution < 1.29 is 18.8 Å². The van der Waals surface area contributed by atoms with E-state index in [0.29, 0.717) is 21.5 Å². The Morgan fingerprint density at radius 1 is 1.05 bits per heavy atom. The lowest BCUT2D eigenvalue weighted by molar-refractivity contribution is -0.155. The number of carbonyl (C=O) groups is 1. The number of allylic oxidation sites excluding steroid dienone is 2. The third kappa shape index (κ3) is 8.40. The van der Waals surface area contributed by atoms with Crippen molar-refractivity contribution in [3.8, 4) is 11.5 Å². The highest BCUT2D eigenvalue weighted by Crippen LogP contribution is 2.31. The molecule has 0 bridgehead atoms. The van der Waals surface area contributed by atoms with E-state index in [4.69, 9.17) is 37.2 Å². The van der Waals surface area contributed by atoms with Gasteiger partial charge in [0.05, 0.1) is 6.54 Å². The van der Waals surface area contributed by atoms with Gasteiger partial charge >= 0.3 is 17.4 Å². The van der Waals surface area contributed by atoms with Crippen LogP contribution in [0.5, 0.6) is 11.5 Å². The molecular weight excluding hydrogens is 519 g/mol. The van der Waals surface area contributed by atoms with Crippen molar-refractivity contribution >= 4 is 34.7 Å². The molecule has 0 spiro atoms. The van der Waals surface area contributed by atoms with Crippen LogP contribution in [0.4, 0.5) is 0 Å². The monoisotopic (exact) mass is 548 g/mol. The summed E-state index contributed by atoms with van der Waals surface area (Å²) in [7, 11) is 0. The standard InChI is InChI=1S/C27H30Cl2N2O6/c1-5-6-8-18(19-9-7-10-22(13-19)35-23-15-20(28)14-21(29)16-23)11-12-31-25(33)30(26(34)37-31)17-24(32)36-27(2,3)4/h7,9-11,13-16H,5-6,8,12,17H2,1-4H3/b18-11+. The van der Waals surface area contributed by atoms with Crippen molar-refractivity contribution in [3.63, 3.8) is 0 Å². The van der Waals surface area contributed by atoms with Gasteiger partial charge in [0.1, 0.15) is 23.6 Å². The number of ether oxygens (including phenoxy) is 2. The summed E-state index contributed by atoms with van der Waals surface area (Å²) in [6, 6.07) is 12.5. The molecule has 1 heterocycles. The minimum atomic E-state index is -0.921. The summed E-state index contributed by atoms with van der Waals surface area (Å²) >= 11 is 12.2. The van der Waals surface area contributed by atoms with Gasteiger partial charge in [-0.1, -0.05) is 54.8 Å². The first-order valence-electron chi connectivity index (χ1n) is 11.9. The molecule has 3 rings (SSSR count). The number of benzene rings is 2. The lowest BCUT2D eigenvalue weighted by Crippen LogP contribution is -2.35.